The number of hydrogen-bond donors (Lipinski definition) is 0. The third-order valence-electron chi connectivity index (χ3n) is 3.06. The maximum atomic E-state index is 11.6. The standard InChI is InChI=1S/C8H6F2O2.C7H12O/c9-8(10)12-7-3-1-2-6(4-7)5-11;8-6-7-4-2-1-3-5-7/h1-5,8H;6-7H,1-5H2. The first kappa shape index (κ1) is 16.3. The Labute approximate surface area is 116 Å². The minimum absolute atomic E-state index is 0.00500. The summed E-state index contributed by atoms with van der Waals surface area (Å²) < 4.78 is 27.4. The van der Waals surface area contributed by atoms with E-state index in [0.29, 0.717) is 17.8 Å². The average Bonchev–Trinajstić information content (AvgIpc) is 2.48. The van der Waals surface area contributed by atoms with Gasteiger partial charge in [0.1, 0.15) is 18.3 Å². The fraction of sp³-hybridized carbons (Fsp3) is 0.467. The number of carbonyl (C=O) groups is 2. The van der Waals surface area contributed by atoms with Crippen LogP contribution < -0.4 is 4.74 Å². The van der Waals surface area contributed by atoms with Crippen molar-refractivity contribution in [3.8, 4) is 5.75 Å². The number of ether oxygens (including phenoxy) is 1. The highest BCUT2D eigenvalue weighted by molar-refractivity contribution is 5.75. The molecule has 5 heteroatoms. The average molecular weight is 284 g/mol. The van der Waals surface area contributed by atoms with Gasteiger partial charge in [0.15, 0.2) is 0 Å². The summed E-state index contributed by atoms with van der Waals surface area (Å²) in [5, 5.41) is 0. The van der Waals surface area contributed by atoms with E-state index >= 15 is 0 Å². The van der Waals surface area contributed by atoms with Crippen molar-refractivity contribution in [3.05, 3.63) is 29.8 Å². The summed E-state index contributed by atoms with van der Waals surface area (Å²) in [5.74, 6) is 0.401. The topological polar surface area (TPSA) is 43.4 Å². The minimum atomic E-state index is -2.85. The second-order valence-electron chi connectivity index (χ2n) is 4.60. The van der Waals surface area contributed by atoms with Gasteiger partial charge in [-0.25, -0.2) is 0 Å². The smallest absolute Gasteiger partial charge is 0.387 e. The predicted molar refractivity (Wildman–Crippen MR) is 71.1 cm³/mol. The maximum Gasteiger partial charge on any atom is 0.387 e. The second-order valence-corrected chi connectivity index (χ2v) is 4.60. The van der Waals surface area contributed by atoms with Crippen LogP contribution in [0.4, 0.5) is 8.78 Å². The molecule has 0 aliphatic heterocycles. The molecule has 2 rings (SSSR count). The van der Waals surface area contributed by atoms with E-state index in [1.165, 1.54) is 43.5 Å². The van der Waals surface area contributed by atoms with E-state index in [1.807, 2.05) is 0 Å². The number of hydrogen-bond acceptors (Lipinski definition) is 3. The highest BCUT2D eigenvalue weighted by atomic mass is 19.3. The summed E-state index contributed by atoms with van der Waals surface area (Å²) in [5.41, 5.74) is 0.313. The van der Waals surface area contributed by atoms with Crippen LogP contribution in [0.5, 0.6) is 5.75 Å². The van der Waals surface area contributed by atoms with Crippen LogP contribution in [-0.2, 0) is 4.79 Å². The molecule has 20 heavy (non-hydrogen) atoms. The molecule has 0 saturated heterocycles. The van der Waals surface area contributed by atoms with Gasteiger partial charge in [-0.3, -0.25) is 4.79 Å². The number of benzene rings is 1. The Morgan fingerprint density at radius 2 is 1.85 bits per heavy atom. The molecule has 0 aromatic heterocycles. The summed E-state index contributed by atoms with van der Waals surface area (Å²) in [7, 11) is 0. The zero-order valence-electron chi connectivity index (χ0n) is 11.1. The van der Waals surface area contributed by atoms with Crippen LogP contribution in [0.15, 0.2) is 24.3 Å². The molecule has 1 aromatic rings. The summed E-state index contributed by atoms with van der Waals surface area (Å²) >= 11 is 0. The highest BCUT2D eigenvalue weighted by Gasteiger charge is 2.10. The summed E-state index contributed by atoms with van der Waals surface area (Å²) in [6.07, 6.45) is 7.83. The molecular weight excluding hydrogens is 266 g/mol. The molecule has 1 aromatic carbocycles. The van der Waals surface area contributed by atoms with Crippen LogP contribution in [-0.4, -0.2) is 19.2 Å². The van der Waals surface area contributed by atoms with Crippen molar-refractivity contribution in [2.75, 3.05) is 0 Å². The molecule has 0 amide bonds. The largest absolute Gasteiger partial charge is 0.435 e. The number of rotatable bonds is 4. The lowest BCUT2D eigenvalue weighted by Gasteiger charge is -2.14. The highest BCUT2D eigenvalue weighted by Crippen LogP contribution is 2.21. The first-order valence-corrected chi connectivity index (χ1v) is 6.61. The van der Waals surface area contributed by atoms with Crippen molar-refractivity contribution in [1.29, 1.82) is 0 Å². The Morgan fingerprint density at radius 3 is 2.35 bits per heavy atom. The Morgan fingerprint density at radius 1 is 1.15 bits per heavy atom. The van der Waals surface area contributed by atoms with Gasteiger partial charge in [-0.1, -0.05) is 31.4 Å². The Hall–Kier alpha value is -1.78. The summed E-state index contributed by atoms with van der Waals surface area (Å²) in [6, 6.07) is 5.59. The van der Waals surface area contributed by atoms with E-state index < -0.39 is 6.61 Å². The van der Waals surface area contributed by atoms with Crippen molar-refractivity contribution in [3.63, 3.8) is 0 Å². The first-order chi connectivity index (χ1) is 9.65. The van der Waals surface area contributed by atoms with Crippen molar-refractivity contribution in [2.45, 2.75) is 38.7 Å². The summed E-state index contributed by atoms with van der Waals surface area (Å²) in [4.78, 5) is 20.4. The number of carbonyl (C=O) groups excluding carboxylic acids is 2. The molecule has 3 nitrogen and oxygen atoms in total. The van der Waals surface area contributed by atoms with E-state index in [1.54, 1.807) is 0 Å². The molecule has 0 unspecified atom stereocenters. The number of aldehydes is 2. The van der Waals surface area contributed by atoms with Gasteiger partial charge >= 0.3 is 6.61 Å². The van der Waals surface area contributed by atoms with Gasteiger partial charge < -0.3 is 9.53 Å². The molecule has 0 radical (unpaired) electrons. The van der Waals surface area contributed by atoms with E-state index in [0.717, 1.165) is 19.1 Å². The molecular formula is C15H18F2O3. The Bertz CT molecular complexity index is 415. The molecule has 1 aliphatic carbocycles. The second kappa shape index (κ2) is 9.18. The SMILES string of the molecule is O=CC1CCCCC1.O=Cc1cccc(OC(F)F)c1. The minimum Gasteiger partial charge on any atom is -0.435 e. The lowest BCUT2D eigenvalue weighted by atomic mass is 9.91. The van der Waals surface area contributed by atoms with Gasteiger partial charge in [0.05, 0.1) is 0 Å². The lowest BCUT2D eigenvalue weighted by molar-refractivity contribution is -0.111. The van der Waals surface area contributed by atoms with Crippen LogP contribution in [0.3, 0.4) is 0 Å². The van der Waals surface area contributed by atoms with Gasteiger partial charge in [-0.15, -0.1) is 0 Å². The van der Waals surface area contributed by atoms with Gasteiger partial charge in [-0.2, -0.15) is 8.78 Å². The van der Waals surface area contributed by atoms with Crippen LogP contribution in [0.25, 0.3) is 0 Å². The van der Waals surface area contributed by atoms with Gasteiger partial charge in [-0.05, 0) is 25.0 Å². The third kappa shape index (κ3) is 6.41. The number of halogens is 2. The predicted octanol–water partition coefficient (Wildman–Crippen LogP) is 3.87. The van der Waals surface area contributed by atoms with E-state index in [4.69, 9.17) is 0 Å². The van der Waals surface area contributed by atoms with E-state index in [9.17, 15) is 18.4 Å². The monoisotopic (exact) mass is 284 g/mol. The summed E-state index contributed by atoms with van der Waals surface area (Å²) in [6.45, 7) is -2.85. The van der Waals surface area contributed by atoms with E-state index in [-0.39, 0.29) is 5.75 Å². The maximum absolute atomic E-state index is 11.6. The van der Waals surface area contributed by atoms with Crippen molar-refractivity contribution in [1.82, 2.24) is 0 Å². The molecule has 0 N–H and O–H groups in total. The molecule has 1 aliphatic rings. The quantitative estimate of drug-likeness (QED) is 0.788. The molecule has 0 atom stereocenters. The number of alkyl halides is 2. The van der Waals surface area contributed by atoms with Crippen molar-refractivity contribution >= 4 is 12.6 Å². The van der Waals surface area contributed by atoms with Crippen LogP contribution in [0, 0.1) is 5.92 Å². The Balaban J connectivity index is 0.000000217. The fourth-order valence-electron chi connectivity index (χ4n) is 2.03. The Kier molecular flexibility index (Phi) is 7.47. The molecule has 1 saturated carbocycles. The fourth-order valence-corrected chi connectivity index (χ4v) is 2.03. The molecule has 1 fully saturated rings. The zero-order valence-corrected chi connectivity index (χ0v) is 11.1. The molecule has 0 heterocycles. The van der Waals surface area contributed by atoms with Crippen molar-refractivity contribution in [2.24, 2.45) is 5.92 Å². The lowest BCUT2D eigenvalue weighted by Crippen LogP contribution is -2.06. The molecule has 110 valence electrons. The van der Waals surface area contributed by atoms with Gasteiger partial charge in [0, 0.05) is 11.5 Å². The van der Waals surface area contributed by atoms with Gasteiger partial charge in [0.25, 0.3) is 0 Å². The van der Waals surface area contributed by atoms with Crippen LogP contribution in [0.1, 0.15) is 42.5 Å². The van der Waals surface area contributed by atoms with Gasteiger partial charge in [0.2, 0.25) is 0 Å². The van der Waals surface area contributed by atoms with Crippen LogP contribution in [0.2, 0.25) is 0 Å². The normalized spacial score (nSPS) is 15.2. The molecule has 0 bridgehead atoms. The zero-order chi connectivity index (χ0) is 14.8. The van der Waals surface area contributed by atoms with Crippen molar-refractivity contribution < 1.29 is 23.1 Å². The van der Waals surface area contributed by atoms with Crippen LogP contribution >= 0.6 is 0 Å². The van der Waals surface area contributed by atoms with E-state index in [2.05, 4.69) is 4.74 Å². The first-order valence-electron chi connectivity index (χ1n) is 6.61. The molecule has 0 spiro atoms. The third-order valence-corrected chi connectivity index (χ3v) is 3.06.